The molecule has 0 amide bonds. The Morgan fingerprint density at radius 2 is 2.14 bits per heavy atom. The lowest BCUT2D eigenvalue weighted by atomic mass is 10.1. The van der Waals surface area contributed by atoms with Crippen LogP contribution in [0.1, 0.15) is 31.7 Å². The molecule has 2 heterocycles. The molecule has 0 saturated carbocycles. The lowest BCUT2D eigenvalue weighted by molar-refractivity contribution is -0.133. The fraction of sp³-hybridized carbons (Fsp3) is 0.471. The van der Waals surface area contributed by atoms with Crippen LogP contribution in [0, 0.1) is 0 Å². The molecule has 1 aromatic carbocycles. The van der Waals surface area contributed by atoms with Crippen LogP contribution in [-0.2, 0) is 11.2 Å². The molecule has 0 unspecified atom stereocenters. The van der Waals surface area contributed by atoms with E-state index in [1.807, 2.05) is 31.3 Å². The summed E-state index contributed by atoms with van der Waals surface area (Å²) in [5.74, 6) is 0.492. The summed E-state index contributed by atoms with van der Waals surface area (Å²) in [6.45, 7) is 5.30. The smallest absolute Gasteiger partial charge is 0.310 e. The van der Waals surface area contributed by atoms with Crippen molar-refractivity contribution < 1.29 is 9.53 Å². The fourth-order valence-electron chi connectivity index (χ4n) is 2.98. The van der Waals surface area contributed by atoms with Gasteiger partial charge in [0.2, 0.25) is 0 Å². The summed E-state index contributed by atoms with van der Waals surface area (Å²) >= 11 is 0. The van der Waals surface area contributed by atoms with Gasteiger partial charge in [0.15, 0.2) is 0 Å². The van der Waals surface area contributed by atoms with Crippen LogP contribution in [0.3, 0.4) is 0 Å². The Morgan fingerprint density at radius 3 is 2.90 bits per heavy atom. The highest BCUT2D eigenvalue weighted by Gasteiger charge is 2.15. The van der Waals surface area contributed by atoms with Gasteiger partial charge in [0.05, 0.1) is 0 Å². The number of nitrogens with one attached hydrogen (secondary N) is 1. The molecule has 4 nitrogen and oxygen atoms in total. The summed E-state index contributed by atoms with van der Waals surface area (Å²) in [6.07, 6.45) is 6.05. The average Bonchev–Trinajstić information content (AvgIpc) is 3.14. The van der Waals surface area contributed by atoms with Gasteiger partial charge in [-0.05, 0) is 50.0 Å². The zero-order valence-electron chi connectivity index (χ0n) is 12.5. The maximum atomic E-state index is 11.6. The Labute approximate surface area is 125 Å². The maximum absolute atomic E-state index is 11.6. The molecule has 0 bridgehead atoms. The van der Waals surface area contributed by atoms with Crippen LogP contribution in [-0.4, -0.2) is 35.5 Å². The van der Waals surface area contributed by atoms with Gasteiger partial charge in [0.25, 0.3) is 0 Å². The lowest BCUT2D eigenvalue weighted by Gasteiger charge is -2.14. The number of aromatic nitrogens is 1. The molecule has 1 aromatic heterocycles. The van der Waals surface area contributed by atoms with E-state index in [0.29, 0.717) is 12.2 Å². The molecule has 0 aliphatic carbocycles. The third-order valence-electron chi connectivity index (χ3n) is 4.16. The van der Waals surface area contributed by atoms with Crippen LogP contribution in [0.25, 0.3) is 10.9 Å². The van der Waals surface area contributed by atoms with E-state index in [2.05, 4.69) is 9.88 Å². The number of aromatic amines is 1. The molecular formula is C17H22N2O2. The summed E-state index contributed by atoms with van der Waals surface area (Å²) in [4.78, 5) is 17.4. The van der Waals surface area contributed by atoms with Crippen molar-refractivity contribution in [1.82, 2.24) is 9.88 Å². The summed E-state index contributed by atoms with van der Waals surface area (Å²) < 4.78 is 5.48. The van der Waals surface area contributed by atoms with Gasteiger partial charge in [0.1, 0.15) is 5.75 Å². The number of fused-ring (bicyclic) bond motifs is 1. The predicted octanol–water partition coefficient (Wildman–Crippen LogP) is 3.12. The number of likely N-dealkylation sites (tertiary alicyclic amines) is 1. The second-order valence-electron chi connectivity index (χ2n) is 5.62. The van der Waals surface area contributed by atoms with E-state index in [0.717, 1.165) is 23.9 Å². The van der Waals surface area contributed by atoms with E-state index in [4.69, 9.17) is 4.74 Å². The van der Waals surface area contributed by atoms with Gasteiger partial charge in [0, 0.05) is 30.1 Å². The minimum absolute atomic E-state index is 0.186. The first-order valence-corrected chi connectivity index (χ1v) is 7.80. The zero-order valence-corrected chi connectivity index (χ0v) is 12.5. The SMILES string of the molecule is CCC(=O)Oc1cccc2[nH]cc(CCN3CCCC3)c12. The molecule has 1 saturated heterocycles. The fourth-order valence-corrected chi connectivity index (χ4v) is 2.98. The third-order valence-corrected chi connectivity index (χ3v) is 4.16. The van der Waals surface area contributed by atoms with Crippen molar-refractivity contribution >= 4 is 16.9 Å². The molecule has 1 N–H and O–H groups in total. The molecular weight excluding hydrogens is 264 g/mol. The van der Waals surface area contributed by atoms with Crippen molar-refractivity contribution in [2.24, 2.45) is 0 Å². The molecule has 3 rings (SSSR count). The number of benzene rings is 1. The van der Waals surface area contributed by atoms with E-state index >= 15 is 0 Å². The first-order chi connectivity index (χ1) is 10.3. The van der Waals surface area contributed by atoms with Crippen molar-refractivity contribution in [3.8, 4) is 5.75 Å². The van der Waals surface area contributed by atoms with Crippen LogP contribution < -0.4 is 4.74 Å². The van der Waals surface area contributed by atoms with Crippen molar-refractivity contribution in [1.29, 1.82) is 0 Å². The van der Waals surface area contributed by atoms with Gasteiger partial charge in [-0.1, -0.05) is 13.0 Å². The quantitative estimate of drug-likeness (QED) is 0.678. The second-order valence-corrected chi connectivity index (χ2v) is 5.62. The van der Waals surface area contributed by atoms with Gasteiger partial charge < -0.3 is 14.6 Å². The first kappa shape index (κ1) is 14.1. The number of esters is 1. The second kappa shape index (κ2) is 6.31. The Balaban J connectivity index is 1.82. The number of rotatable bonds is 5. The normalized spacial score (nSPS) is 15.7. The van der Waals surface area contributed by atoms with Gasteiger partial charge in [-0.3, -0.25) is 4.79 Å². The maximum Gasteiger partial charge on any atom is 0.310 e. The molecule has 21 heavy (non-hydrogen) atoms. The molecule has 1 fully saturated rings. The van der Waals surface area contributed by atoms with Crippen molar-refractivity contribution in [2.45, 2.75) is 32.6 Å². The number of carbonyl (C=O) groups excluding carboxylic acids is 1. The number of hydrogen-bond donors (Lipinski definition) is 1. The molecule has 4 heteroatoms. The summed E-state index contributed by atoms with van der Waals surface area (Å²) in [6, 6.07) is 5.82. The van der Waals surface area contributed by atoms with Gasteiger partial charge in [-0.2, -0.15) is 0 Å². The monoisotopic (exact) mass is 286 g/mol. The van der Waals surface area contributed by atoms with Gasteiger partial charge in [-0.25, -0.2) is 0 Å². The lowest BCUT2D eigenvalue weighted by Crippen LogP contribution is -2.21. The van der Waals surface area contributed by atoms with E-state index < -0.39 is 0 Å². The zero-order chi connectivity index (χ0) is 14.7. The van der Waals surface area contributed by atoms with Crippen molar-refractivity contribution in [2.75, 3.05) is 19.6 Å². The predicted molar refractivity (Wildman–Crippen MR) is 83.6 cm³/mol. The number of carbonyl (C=O) groups is 1. The summed E-state index contributed by atoms with van der Waals surface area (Å²) in [5, 5.41) is 1.05. The topological polar surface area (TPSA) is 45.3 Å². The number of nitrogens with zero attached hydrogens (tertiary/aromatic N) is 1. The Bertz CT molecular complexity index is 627. The summed E-state index contributed by atoms with van der Waals surface area (Å²) in [7, 11) is 0. The molecule has 1 aliphatic heterocycles. The minimum atomic E-state index is -0.186. The van der Waals surface area contributed by atoms with E-state index in [1.165, 1.54) is 31.5 Å². The molecule has 0 radical (unpaired) electrons. The highest BCUT2D eigenvalue weighted by atomic mass is 16.5. The third kappa shape index (κ3) is 3.10. The number of H-pyrrole nitrogens is 1. The number of hydrogen-bond acceptors (Lipinski definition) is 3. The van der Waals surface area contributed by atoms with Crippen LogP contribution in [0.5, 0.6) is 5.75 Å². The highest BCUT2D eigenvalue weighted by molar-refractivity contribution is 5.91. The van der Waals surface area contributed by atoms with E-state index in [-0.39, 0.29) is 5.97 Å². The molecule has 112 valence electrons. The molecule has 1 aliphatic rings. The Kier molecular flexibility index (Phi) is 4.25. The highest BCUT2D eigenvalue weighted by Crippen LogP contribution is 2.29. The standard InChI is InChI=1S/C17H22N2O2/c1-2-16(20)21-15-7-5-6-14-17(15)13(12-18-14)8-11-19-9-3-4-10-19/h5-7,12,18H,2-4,8-11H2,1H3. The van der Waals surface area contributed by atoms with Crippen LogP contribution >= 0.6 is 0 Å². The van der Waals surface area contributed by atoms with Gasteiger partial charge in [-0.15, -0.1) is 0 Å². The molecule has 0 spiro atoms. The summed E-state index contributed by atoms with van der Waals surface area (Å²) in [5.41, 5.74) is 2.27. The Morgan fingerprint density at radius 1 is 1.33 bits per heavy atom. The van der Waals surface area contributed by atoms with Crippen molar-refractivity contribution in [3.63, 3.8) is 0 Å². The largest absolute Gasteiger partial charge is 0.426 e. The average molecular weight is 286 g/mol. The van der Waals surface area contributed by atoms with Gasteiger partial charge >= 0.3 is 5.97 Å². The van der Waals surface area contributed by atoms with Crippen molar-refractivity contribution in [3.05, 3.63) is 30.0 Å². The van der Waals surface area contributed by atoms with Crippen LogP contribution in [0.15, 0.2) is 24.4 Å². The molecule has 0 atom stereocenters. The first-order valence-electron chi connectivity index (χ1n) is 7.80. The Hall–Kier alpha value is -1.81. The number of ether oxygens (including phenoxy) is 1. The molecule has 2 aromatic rings. The van der Waals surface area contributed by atoms with Crippen LogP contribution in [0.4, 0.5) is 0 Å². The van der Waals surface area contributed by atoms with E-state index in [9.17, 15) is 4.79 Å². The minimum Gasteiger partial charge on any atom is -0.426 e. The van der Waals surface area contributed by atoms with E-state index in [1.54, 1.807) is 0 Å². The van der Waals surface area contributed by atoms with Crippen LogP contribution in [0.2, 0.25) is 0 Å².